The number of carbonyl (C=O) groups is 1. The molecule has 0 N–H and O–H groups in total. The lowest BCUT2D eigenvalue weighted by atomic mass is 10.1. The van der Waals surface area contributed by atoms with Crippen LogP contribution in [0.1, 0.15) is 52.9 Å². The normalized spacial score (nSPS) is 13.9. The molecular weight excluding hydrogens is 608 g/mol. The van der Waals surface area contributed by atoms with Gasteiger partial charge in [-0.05, 0) is 62.2 Å². The highest BCUT2D eigenvalue weighted by Crippen LogP contribution is 2.25. The zero-order valence-electron chi connectivity index (χ0n) is 26.0. The molecule has 0 unspecified atom stereocenters. The molecule has 0 aliphatic carbocycles. The number of hydrogen-bond donors (Lipinski definition) is 0. The summed E-state index contributed by atoms with van der Waals surface area (Å²) in [4.78, 5) is 28.1. The lowest BCUT2D eigenvalue weighted by Crippen LogP contribution is -2.38. The van der Waals surface area contributed by atoms with Crippen molar-refractivity contribution in [3.05, 3.63) is 101 Å². The van der Waals surface area contributed by atoms with Crippen LogP contribution in [0.4, 0.5) is 8.78 Å². The number of nitrogens with zero attached hydrogens (tertiary/aromatic N) is 7. The summed E-state index contributed by atoms with van der Waals surface area (Å²) in [6.07, 6.45) is 4.96. The molecule has 3 aromatic heterocycles. The van der Waals surface area contributed by atoms with Crippen LogP contribution < -0.4 is 9.47 Å². The van der Waals surface area contributed by atoms with Crippen LogP contribution in [-0.4, -0.2) is 61.3 Å². The highest BCUT2D eigenvalue weighted by atomic mass is 19.1. The molecule has 11 nitrogen and oxygen atoms in total. The Morgan fingerprint density at radius 1 is 1.04 bits per heavy atom. The molecule has 242 valence electrons. The quantitative estimate of drug-likeness (QED) is 0.178. The van der Waals surface area contributed by atoms with Gasteiger partial charge in [0.2, 0.25) is 5.88 Å². The fourth-order valence-electron chi connectivity index (χ4n) is 5.66. The number of esters is 1. The molecule has 1 aliphatic rings. The summed E-state index contributed by atoms with van der Waals surface area (Å²) < 4.78 is 49.4. The minimum Gasteiger partial charge on any atom is -0.484 e. The van der Waals surface area contributed by atoms with Crippen LogP contribution in [-0.2, 0) is 31.0 Å². The highest BCUT2D eigenvalue weighted by molar-refractivity contribution is 5.93. The molecule has 0 bridgehead atoms. The lowest BCUT2D eigenvalue weighted by molar-refractivity contribution is 0.0601. The number of fused-ring (bicyclic) bond motifs is 1. The number of methoxy groups -OCH3 is 1. The zero-order valence-corrected chi connectivity index (χ0v) is 26.0. The van der Waals surface area contributed by atoms with Crippen LogP contribution in [0.5, 0.6) is 11.6 Å². The molecule has 0 amide bonds. The van der Waals surface area contributed by atoms with Gasteiger partial charge in [-0.3, -0.25) is 4.90 Å². The third kappa shape index (κ3) is 7.07. The van der Waals surface area contributed by atoms with Crippen LogP contribution >= 0.6 is 0 Å². The molecule has 0 saturated carbocycles. The Bertz CT molecular complexity index is 1940. The van der Waals surface area contributed by atoms with Gasteiger partial charge < -0.3 is 23.3 Å². The van der Waals surface area contributed by atoms with Gasteiger partial charge >= 0.3 is 5.97 Å². The molecule has 47 heavy (non-hydrogen) atoms. The van der Waals surface area contributed by atoms with Gasteiger partial charge in [-0.1, -0.05) is 0 Å². The van der Waals surface area contributed by atoms with Crippen molar-refractivity contribution >= 4 is 17.0 Å². The summed E-state index contributed by atoms with van der Waals surface area (Å²) >= 11 is 0. The number of likely N-dealkylation sites (tertiary alicyclic amines) is 1. The summed E-state index contributed by atoms with van der Waals surface area (Å²) in [6.45, 7) is 5.17. The van der Waals surface area contributed by atoms with Gasteiger partial charge in [0.05, 0.1) is 60.5 Å². The number of aryl methyl sites for hydroxylation is 1. The third-order valence-electron chi connectivity index (χ3n) is 8.21. The van der Waals surface area contributed by atoms with Crippen molar-refractivity contribution in [3.8, 4) is 17.7 Å². The number of nitriles is 1. The first-order valence-corrected chi connectivity index (χ1v) is 15.3. The number of pyridine rings is 1. The molecule has 0 radical (unpaired) electrons. The van der Waals surface area contributed by atoms with Crippen LogP contribution in [0, 0.1) is 23.0 Å². The average molecular weight is 642 g/mol. The van der Waals surface area contributed by atoms with E-state index in [0.717, 1.165) is 61.1 Å². The summed E-state index contributed by atoms with van der Waals surface area (Å²) in [5.74, 6) is -0.675. The number of aromatic nitrogens is 5. The van der Waals surface area contributed by atoms with Crippen molar-refractivity contribution < 1.29 is 27.8 Å². The maximum absolute atomic E-state index is 14.5. The number of rotatable bonds is 11. The van der Waals surface area contributed by atoms with Crippen LogP contribution in [0.2, 0.25) is 0 Å². The molecule has 0 spiro atoms. The summed E-state index contributed by atoms with van der Waals surface area (Å²) in [6, 6.07) is 13.8. The second-order valence-corrected chi connectivity index (χ2v) is 11.2. The van der Waals surface area contributed by atoms with Crippen molar-refractivity contribution in [2.75, 3.05) is 20.2 Å². The van der Waals surface area contributed by atoms with Gasteiger partial charge in [0.15, 0.2) is 11.6 Å². The Labute approximate surface area is 270 Å². The maximum atomic E-state index is 14.5. The van der Waals surface area contributed by atoms with E-state index in [0.29, 0.717) is 18.7 Å². The molecule has 1 saturated heterocycles. The fourth-order valence-corrected chi connectivity index (χ4v) is 5.66. The Kier molecular flexibility index (Phi) is 9.40. The number of benzene rings is 2. The van der Waals surface area contributed by atoms with Crippen LogP contribution in [0.25, 0.3) is 11.0 Å². The smallest absolute Gasteiger partial charge is 0.337 e. The van der Waals surface area contributed by atoms with Crippen molar-refractivity contribution in [2.24, 2.45) is 0 Å². The third-order valence-corrected chi connectivity index (χ3v) is 8.21. The SMILES string of the molecule is CCn1cncc1Cn1c(CN2CCC(Oc3ccc(F)c(COc4ccc(C#N)cc4F)n3)CC2)nc2ccc(C(=O)OC)cc21. The number of imidazole rings is 2. The van der Waals surface area contributed by atoms with Gasteiger partial charge in [0, 0.05) is 31.9 Å². The predicted octanol–water partition coefficient (Wildman–Crippen LogP) is 5.25. The number of hydrogen-bond acceptors (Lipinski definition) is 9. The topological polar surface area (TPSA) is 120 Å². The minimum atomic E-state index is -0.710. The number of carbonyl (C=O) groups excluding carboxylic acids is 1. The van der Waals surface area contributed by atoms with Gasteiger partial charge in [-0.25, -0.2) is 28.5 Å². The fraction of sp³-hybridized carbons (Fsp3) is 0.324. The summed E-state index contributed by atoms with van der Waals surface area (Å²) in [5, 5.41) is 8.92. The predicted molar refractivity (Wildman–Crippen MR) is 167 cm³/mol. The number of ether oxygens (including phenoxy) is 3. The second-order valence-electron chi connectivity index (χ2n) is 11.2. The minimum absolute atomic E-state index is 0.0117. The van der Waals surface area contributed by atoms with E-state index in [4.69, 9.17) is 24.5 Å². The maximum Gasteiger partial charge on any atom is 0.337 e. The largest absolute Gasteiger partial charge is 0.484 e. The Morgan fingerprint density at radius 3 is 2.62 bits per heavy atom. The second kappa shape index (κ2) is 14.0. The molecule has 1 aliphatic heterocycles. The van der Waals surface area contributed by atoms with Crippen LogP contribution in [0.15, 0.2) is 61.1 Å². The van der Waals surface area contributed by atoms with E-state index < -0.39 is 17.6 Å². The summed E-state index contributed by atoms with van der Waals surface area (Å²) in [7, 11) is 1.36. The van der Waals surface area contributed by atoms with Gasteiger partial charge in [0.25, 0.3) is 0 Å². The Morgan fingerprint density at radius 2 is 1.87 bits per heavy atom. The van der Waals surface area contributed by atoms with Gasteiger partial charge in [0.1, 0.15) is 30.0 Å². The van der Waals surface area contributed by atoms with E-state index in [1.54, 1.807) is 12.4 Å². The van der Waals surface area contributed by atoms with Crippen molar-refractivity contribution in [2.45, 2.75) is 52.1 Å². The number of piperidine rings is 1. The van der Waals surface area contributed by atoms with E-state index in [1.807, 2.05) is 24.4 Å². The zero-order chi connectivity index (χ0) is 32.9. The van der Waals surface area contributed by atoms with E-state index >= 15 is 0 Å². The average Bonchev–Trinajstić information content (AvgIpc) is 3.69. The van der Waals surface area contributed by atoms with Crippen molar-refractivity contribution in [3.63, 3.8) is 0 Å². The van der Waals surface area contributed by atoms with E-state index in [1.165, 1.54) is 31.4 Å². The Hall–Kier alpha value is -5.35. The molecule has 5 aromatic rings. The lowest BCUT2D eigenvalue weighted by Gasteiger charge is -2.31. The molecule has 13 heteroatoms. The van der Waals surface area contributed by atoms with E-state index in [9.17, 15) is 13.6 Å². The highest BCUT2D eigenvalue weighted by Gasteiger charge is 2.24. The Balaban J connectivity index is 1.11. The van der Waals surface area contributed by atoms with E-state index in [-0.39, 0.29) is 35.6 Å². The van der Waals surface area contributed by atoms with Gasteiger partial charge in [-0.15, -0.1) is 0 Å². The van der Waals surface area contributed by atoms with Crippen molar-refractivity contribution in [1.29, 1.82) is 5.26 Å². The van der Waals surface area contributed by atoms with Crippen molar-refractivity contribution in [1.82, 2.24) is 29.0 Å². The molecule has 0 atom stereocenters. The first-order valence-electron chi connectivity index (χ1n) is 15.3. The summed E-state index contributed by atoms with van der Waals surface area (Å²) in [5.41, 5.74) is 3.27. The first kappa shape index (κ1) is 31.6. The number of halogens is 2. The van der Waals surface area contributed by atoms with Gasteiger partial charge in [-0.2, -0.15) is 5.26 Å². The van der Waals surface area contributed by atoms with Crippen LogP contribution in [0.3, 0.4) is 0 Å². The van der Waals surface area contributed by atoms with E-state index in [2.05, 4.69) is 30.9 Å². The molecule has 6 rings (SSSR count). The monoisotopic (exact) mass is 641 g/mol. The molecule has 4 heterocycles. The molecule has 1 fully saturated rings. The molecular formula is C34H33F2N7O4. The molecule has 2 aromatic carbocycles. The first-order chi connectivity index (χ1) is 22.8. The standard InChI is InChI=1S/C34H33F2N7O4/c1-3-42-21-38-17-24(42)18-43-30-15-23(34(44)45-2)5-7-28(30)39-32(43)19-41-12-10-25(11-13-41)47-33-9-6-26(35)29(40-33)20-46-31-8-4-22(16-37)14-27(31)36/h4-9,14-15,17,21,25H,3,10-13,18-20H2,1-2H3.